The fourth-order valence-corrected chi connectivity index (χ4v) is 5.43. The minimum Gasteiger partial charge on any atom is -0.480 e. The summed E-state index contributed by atoms with van der Waals surface area (Å²) in [6, 6.07) is 4.29. The van der Waals surface area contributed by atoms with E-state index in [1.165, 1.54) is 6.07 Å². The molecule has 0 aliphatic carbocycles. The van der Waals surface area contributed by atoms with Gasteiger partial charge in [0.05, 0.1) is 35.8 Å². The number of morpholine rings is 1. The third-order valence-corrected chi connectivity index (χ3v) is 6.53. The molecule has 0 radical (unpaired) electrons. The molecule has 2 aliphatic heterocycles. The molecule has 0 N–H and O–H groups in total. The number of hydrogen-bond acceptors (Lipinski definition) is 7. The van der Waals surface area contributed by atoms with E-state index in [-0.39, 0.29) is 29.2 Å². The van der Waals surface area contributed by atoms with Gasteiger partial charge >= 0.3 is 5.97 Å². The highest BCUT2D eigenvalue weighted by Crippen LogP contribution is 2.28. The average Bonchev–Trinajstić information content (AvgIpc) is 2.89. The van der Waals surface area contributed by atoms with Crippen LogP contribution in [0.2, 0.25) is 10.0 Å². The van der Waals surface area contributed by atoms with Gasteiger partial charge in [-0.1, -0.05) is 23.2 Å². The number of esters is 1. The molecule has 0 aromatic heterocycles. The van der Waals surface area contributed by atoms with Gasteiger partial charge in [-0.2, -0.15) is 0 Å². The zero-order chi connectivity index (χ0) is 18.7. The molecule has 26 heavy (non-hydrogen) atoms. The molecule has 144 valence electrons. The highest BCUT2D eigenvalue weighted by atomic mass is 35.5. The largest absolute Gasteiger partial charge is 0.480 e. The maximum atomic E-state index is 12.1. The summed E-state index contributed by atoms with van der Waals surface area (Å²) in [6.07, 6.45) is -0.713. The van der Waals surface area contributed by atoms with Gasteiger partial charge in [-0.3, -0.25) is 4.90 Å². The lowest BCUT2D eigenvalue weighted by molar-refractivity contribution is -0.153. The number of carbonyl (C=O) groups is 1. The van der Waals surface area contributed by atoms with E-state index in [0.717, 1.165) is 0 Å². The average molecular weight is 424 g/mol. The molecule has 7 nitrogen and oxygen atoms in total. The minimum atomic E-state index is -3.25. The molecule has 2 saturated heterocycles. The zero-order valence-corrected chi connectivity index (χ0v) is 16.2. The summed E-state index contributed by atoms with van der Waals surface area (Å²) in [5, 5.41) is 0.731. The number of sulfone groups is 1. The smallest absolute Gasteiger partial charge is 0.344 e. The summed E-state index contributed by atoms with van der Waals surface area (Å²) in [4.78, 5) is 14.1. The number of rotatable bonds is 5. The SMILES string of the molecule is O=C(COc1ccc(Cl)cc1Cl)OC1CS(=O)(=O)CC1N1CCOCC1. The zero-order valence-electron chi connectivity index (χ0n) is 13.9. The Bertz CT molecular complexity index is 766. The maximum Gasteiger partial charge on any atom is 0.344 e. The van der Waals surface area contributed by atoms with Crippen molar-refractivity contribution in [1.82, 2.24) is 4.90 Å². The normalized spacial score (nSPS) is 25.8. The second kappa shape index (κ2) is 8.31. The molecule has 1 aromatic rings. The van der Waals surface area contributed by atoms with E-state index >= 15 is 0 Å². The first-order valence-corrected chi connectivity index (χ1v) is 10.7. The van der Waals surface area contributed by atoms with Crippen LogP contribution in [0.25, 0.3) is 0 Å². The number of halogens is 2. The minimum absolute atomic E-state index is 0.0190. The van der Waals surface area contributed by atoms with Gasteiger partial charge in [0, 0.05) is 18.1 Å². The Morgan fingerprint density at radius 1 is 1.23 bits per heavy atom. The van der Waals surface area contributed by atoms with E-state index in [4.69, 9.17) is 37.4 Å². The van der Waals surface area contributed by atoms with E-state index in [1.807, 2.05) is 4.90 Å². The quantitative estimate of drug-likeness (QED) is 0.662. The summed E-state index contributed by atoms with van der Waals surface area (Å²) in [5.41, 5.74) is 0. The van der Waals surface area contributed by atoms with Crippen molar-refractivity contribution in [3.05, 3.63) is 28.2 Å². The summed E-state index contributed by atoms with van der Waals surface area (Å²) in [5.74, 6) is -0.537. The summed E-state index contributed by atoms with van der Waals surface area (Å²) in [6.45, 7) is 1.94. The Balaban J connectivity index is 1.59. The molecule has 0 saturated carbocycles. The topological polar surface area (TPSA) is 82.1 Å². The van der Waals surface area contributed by atoms with Crippen LogP contribution < -0.4 is 4.74 Å². The van der Waals surface area contributed by atoms with Gasteiger partial charge in [0.1, 0.15) is 11.9 Å². The summed E-state index contributed by atoms with van der Waals surface area (Å²) >= 11 is 11.8. The van der Waals surface area contributed by atoms with Crippen molar-refractivity contribution in [2.75, 3.05) is 44.4 Å². The molecule has 0 spiro atoms. The molecule has 0 bridgehead atoms. The van der Waals surface area contributed by atoms with Gasteiger partial charge < -0.3 is 14.2 Å². The van der Waals surface area contributed by atoms with E-state index in [1.54, 1.807) is 12.1 Å². The third-order valence-electron chi connectivity index (χ3n) is 4.31. The molecular formula is C16H19Cl2NO6S. The first-order valence-electron chi connectivity index (χ1n) is 8.13. The van der Waals surface area contributed by atoms with Crippen LogP contribution in [0.5, 0.6) is 5.75 Å². The van der Waals surface area contributed by atoms with Crippen LogP contribution in [0.1, 0.15) is 0 Å². The standard InChI is InChI=1S/C16H19Cl2NO6S/c17-11-1-2-14(12(18)7-11)24-8-16(20)25-15-10-26(21,22)9-13(15)19-3-5-23-6-4-19/h1-2,7,13,15H,3-6,8-10H2. The van der Waals surface area contributed by atoms with Crippen LogP contribution in [-0.4, -0.2) is 75.8 Å². The fraction of sp³-hybridized carbons (Fsp3) is 0.562. The predicted molar refractivity (Wildman–Crippen MR) is 96.7 cm³/mol. The van der Waals surface area contributed by atoms with E-state index in [2.05, 4.69) is 0 Å². The van der Waals surface area contributed by atoms with Crippen LogP contribution in [0.4, 0.5) is 0 Å². The molecular weight excluding hydrogens is 405 g/mol. The van der Waals surface area contributed by atoms with Crippen molar-refractivity contribution in [1.29, 1.82) is 0 Å². The fourth-order valence-electron chi connectivity index (χ4n) is 3.09. The van der Waals surface area contributed by atoms with Crippen LogP contribution in [0, 0.1) is 0 Å². The third kappa shape index (κ3) is 5.01. The molecule has 2 fully saturated rings. The van der Waals surface area contributed by atoms with E-state index < -0.39 is 21.9 Å². The Kier molecular flexibility index (Phi) is 6.29. The lowest BCUT2D eigenvalue weighted by atomic mass is 10.1. The predicted octanol–water partition coefficient (Wildman–Crippen LogP) is 1.41. The van der Waals surface area contributed by atoms with Crippen LogP contribution in [0.3, 0.4) is 0 Å². The molecule has 2 atom stereocenters. The number of hydrogen-bond donors (Lipinski definition) is 0. The van der Waals surface area contributed by atoms with Crippen molar-refractivity contribution >= 4 is 39.0 Å². The first kappa shape index (κ1) is 19.7. The highest BCUT2D eigenvalue weighted by Gasteiger charge is 2.43. The number of ether oxygens (including phenoxy) is 3. The van der Waals surface area contributed by atoms with Crippen molar-refractivity contribution in [3.63, 3.8) is 0 Å². The number of benzene rings is 1. The number of carbonyl (C=O) groups excluding carboxylic acids is 1. The molecule has 2 aliphatic rings. The van der Waals surface area contributed by atoms with Crippen molar-refractivity contribution in [2.45, 2.75) is 12.1 Å². The molecule has 2 heterocycles. The van der Waals surface area contributed by atoms with Gasteiger partial charge in [-0.25, -0.2) is 13.2 Å². The van der Waals surface area contributed by atoms with Crippen molar-refractivity contribution in [3.8, 4) is 5.75 Å². The van der Waals surface area contributed by atoms with E-state index in [9.17, 15) is 13.2 Å². The van der Waals surface area contributed by atoms with Crippen LogP contribution in [0.15, 0.2) is 18.2 Å². The Labute approximate surface area is 162 Å². The highest BCUT2D eigenvalue weighted by molar-refractivity contribution is 7.91. The second-order valence-electron chi connectivity index (χ2n) is 6.18. The number of nitrogens with zero attached hydrogens (tertiary/aromatic N) is 1. The molecule has 1 aromatic carbocycles. The lowest BCUT2D eigenvalue weighted by Gasteiger charge is -2.34. The maximum absolute atomic E-state index is 12.1. The first-order chi connectivity index (χ1) is 12.3. The Morgan fingerprint density at radius 2 is 1.96 bits per heavy atom. The van der Waals surface area contributed by atoms with E-state index in [0.29, 0.717) is 37.1 Å². The summed E-state index contributed by atoms with van der Waals surface area (Å²) < 4.78 is 40.1. The Hall–Kier alpha value is -1.06. The van der Waals surface area contributed by atoms with Crippen LogP contribution in [-0.2, 0) is 24.1 Å². The van der Waals surface area contributed by atoms with Gasteiger partial charge in [0.2, 0.25) is 0 Å². The van der Waals surface area contributed by atoms with Gasteiger partial charge in [0.15, 0.2) is 16.4 Å². The molecule has 10 heteroatoms. The molecule has 2 unspecified atom stereocenters. The lowest BCUT2D eigenvalue weighted by Crippen LogP contribution is -2.50. The summed E-state index contributed by atoms with van der Waals surface area (Å²) in [7, 11) is -3.25. The van der Waals surface area contributed by atoms with Crippen LogP contribution >= 0.6 is 23.2 Å². The second-order valence-corrected chi connectivity index (χ2v) is 9.18. The van der Waals surface area contributed by atoms with Crippen molar-refractivity contribution in [2.24, 2.45) is 0 Å². The van der Waals surface area contributed by atoms with Crippen molar-refractivity contribution < 1.29 is 27.4 Å². The molecule has 0 amide bonds. The van der Waals surface area contributed by atoms with Gasteiger partial charge in [-0.15, -0.1) is 0 Å². The Morgan fingerprint density at radius 3 is 2.65 bits per heavy atom. The monoisotopic (exact) mass is 423 g/mol. The van der Waals surface area contributed by atoms with Gasteiger partial charge in [0.25, 0.3) is 0 Å². The van der Waals surface area contributed by atoms with Gasteiger partial charge in [-0.05, 0) is 18.2 Å². The molecule has 3 rings (SSSR count).